The Morgan fingerprint density at radius 3 is 2.72 bits per heavy atom. The number of nitrogens with zero attached hydrogens (tertiary/aromatic N) is 1. The van der Waals surface area contributed by atoms with Crippen molar-refractivity contribution >= 4 is 34.1 Å². The molecule has 2 aromatic carbocycles. The number of benzene rings is 2. The lowest BCUT2D eigenvalue weighted by Gasteiger charge is -2.15. The minimum atomic E-state index is -0.215. The Balaban J connectivity index is 2.08. The summed E-state index contributed by atoms with van der Waals surface area (Å²) < 4.78 is 5.31. The molecule has 0 aliphatic heterocycles. The number of aromatic nitrogens is 1. The predicted molar refractivity (Wildman–Crippen MR) is 102 cm³/mol. The van der Waals surface area contributed by atoms with Crippen molar-refractivity contribution in [2.24, 2.45) is 0 Å². The molecule has 0 bridgehead atoms. The van der Waals surface area contributed by atoms with Gasteiger partial charge in [0, 0.05) is 10.4 Å². The summed E-state index contributed by atoms with van der Waals surface area (Å²) >= 11 is 6.05. The van der Waals surface area contributed by atoms with E-state index in [1.54, 1.807) is 25.3 Å². The highest BCUT2D eigenvalue weighted by molar-refractivity contribution is 6.31. The number of pyridine rings is 1. The molecule has 3 rings (SSSR count). The van der Waals surface area contributed by atoms with E-state index < -0.39 is 0 Å². The summed E-state index contributed by atoms with van der Waals surface area (Å²) in [7, 11) is 1.55. The lowest BCUT2D eigenvalue weighted by atomic mass is 9.99. The highest BCUT2D eigenvalue weighted by Gasteiger charge is 2.19. The highest BCUT2D eigenvalue weighted by atomic mass is 35.5. The van der Waals surface area contributed by atoms with Gasteiger partial charge in [0.1, 0.15) is 5.75 Å². The number of ether oxygens (including phenoxy) is 1. The number of methoxy groups -OCH3 is 1. The lowest BCUT2D eigenvalue weighted by molar-refractivity contribution is 0.102. The number of hydrogen-bond donors (Lipinski definition) is 1. The van der Waals surface area contributed by atoms with Crippen molar-refractivity contribution in [3.05, 3.63) is 64.3 Å². The van der Waals surface area contributed by atoms with Crippen molar-refractivity contribution in [2.75, 3.05) is 12.4 Å². The van der Waals surface area contributed by atoms with Gasteiger partial charge < -0.3 is 10.1 Å². The zero-order chi connectivity index (χ0) is 18.0. The topological polar surface area (TPSA) is 51.2 Å². The average molecular weight is 355 g/mol. The fourth-order valence-corrected chi connectivity index (χ4v) is 3.13. The number of carbonyl (C=O) groups excluding carboxylic acids is 1. The molecule has 0 aliphatic rings. The van der Waals surface area contributed by atoms with Gasteiger partial charge in [0.25, 0.3) is 5.91 Å². The maximum atomic E-state index is 13.0. The number of carbonyl (C=O) groups is 1. The van der Waals surface area contributed by atoms with Crippen LogP contribution < -0.4 is 10.1 Å². The molecule has 0 atom stereocenters. The van der Waals surface area contributed by atoms with Crippen molar-refractivity contribution < 1.29 is 9.53 Å². The van der Waals surface area contributed by atoms with E-state index in [4.69, 9.17) is 16.3 Å². The molecule has 0 unspecified atom stereocenters. The number of aryl methyl sites for hydroxylation is 2. The van der Waals surface area contributed by atoms with Crippen molar-refractivity contribution in [3.63, 3.8) is 0 Å². The number of anilines is 1. The van der Waals surface area contributed by atoms with Crippen LogP contribution in [0, 0.1) is 6.92 Å². The van der Waals surface area contributed by atoms with Gasteiger partial charge in [-0.3, -0.25) is 9.78 Å². The number of rotatable bonds is 4. The summed E-state index contributed by atoms with van der Waals surface area (Å²) in [4.78, 5) is 17.6. The average Bonchev–Trinajstić information content (AvgIpc) is 2.61. The van der Waals surface area contributed by atoms with E-state index in [0.717, 1.165) is 22.2 Å². The van der Waals surface area contributed by atoms with Crippen molar-refractivity contribution in [1.29, 1.82) is 0 Å². The molecule has 0 radical (unpaired) electrons. The van der Waals surface area contributed by atoms with E-state index in [0.29, 0.717) is 28.4 Å². The van der Waals surface area contributed by atoms with E-state index in [1.165, 1.54) is 0 Å². The van der Waals surface area contributed by atoms with Gasteiger partial charge in [-0.15, -0.1) is 0 Å². The van der Waals surface area contributed by atoms with Crippen LogP contribution in [0.2, 0.25) is 5.02 Å². The zero-order valence-corrected chi connectivity index (χ0v) is 15.1. The first-order chi connectivity index (χ1) is 12.0. The van der Waals surface area contributed by atoms with Gasteiger partial charge in [0.05, 0.1) is 29.6 Å². The Hall–Kier alpha value is -2.59. The highest BCUT2D eigenvalue weighted by Crippen LogP contribution is 2.30. The first-order valence-electron chi connectivity index (χ1n) is 8.08. The van der Waals surface area contributed by atoms with Crippen LogP contribution in [-0.4, -0.2) is 18.0 Å². The molecular formula is C20H19ClN2O2. The van der Waals surface area contributed by atoms with E-state index in [2.05, 4.69) is 10.3 Å². The number of hydrogen-bond acceptors (Lipinski definition) is 3. The van der Waals surface area contributed by atoms with Crippen LogP contribution in [0.4, 0.5) is 5.69 Å². The maximum absolute atomic E-state index is 13.0. The molecule has 25 heavy (non-hydrogen) atoms. The van der Waals surface area contributed by atoms with E-state index in [-0.39, 0.29) is 5.91 Å². The van der Waals surface area contributed by atoms with Gasteiger partial charge in [-0.2, -0.15) is 0 Å². The third kappa shape index (κ3) is 3.30. The quantitative estimate of drug-likeness (QED) is 0.715. The summed E-state index contributed by atoms with van der Waals surface area (Å²) in [6.07, 6.45) is 0.668. The molecule has 0 fully saturated rings. The minimum Gasteiger partial charge on any atom is -0.495 e. The third-order valence-electron chi connectivity index (χ3n) is 4.20. The first kappa shape index (κ1) is 17.2. The fourth-order valence-electron chi connectivity index (χ4n) is 2.96. The molecule has 0 saturated carbocycles. The molecule has 0 spiro atoms. The molecule has 5 heteroatoms. The largest absolute Gasteiger partial charge is 0.495 e. The molecule has 1 heterocycles. The smallest absolute Gasteiger partial charge is 0.257 e. The Kier molecular flexibility index (Phi) is 4.91. The van der Waals surface area contributed by atoms with Crippen molar-refractivity contribution in [1.82, 2.24) is 4.98 Å². The number of para-hydroxylation sites is 1. The van der Waals surface area contributed by atoms with Crippen molar-refractivity contribution in [3.8, 4) is 5.75 Å². The second-order valence-corrected chi connectivity index (χ2v) is 6.16. The summed E-state index contributed by atoms with van der Waals surface area (Å²) in [5.41, 5.74) is 3.72. The van der Waals surface area contributed by atoms with Crippen LogP contribution in [0.15, 0.2) is 42.5 Å². The summed E-state index contributed by atoms with van der Waals surface area (Å²) in [6, 6.07) is 13.0. The van der Waals surface area contributed by atoms with E-state index >= 15 is 0 Å². The van der Waals surface area contributed by atoms with Gasteiger partial charge in [-0.25, -0.2) is 0 Å². The Morgan fingerprint density at radius 1 is 1.24 bits per heavy atom. The molecule has 0 saturated heterocycles. The SMILES string of the molecule is CCc1nc2ccccc2c(C)c1C(=O)Nc1cc(Cl)ccc1OC. The van der Waals surface area contributed by atoms with Gasteiger partial charge in [0.15, 0.2) is 0 Å². The third-order valence-corrected chi connectivity index (χ3v) is 4.43. The second kappa shape index (κ2) is 7.11. The predicted octanol–water partition coefficient (Wildman–Crippen LogP) is 5.02. The minimum absolute atomic E-state index is 0.215. The van der Waals surface area contributed by atoms with Gasteiger partial charge >= 0.3 is 0 Å². The summed E-state index contributed by atoms with van der Waals surface area (Å²) in [5.74, 6) is 0.343. The second-order valence-electron chi connectivity index (χ2n) is 5.73. The van der Waals surface area contributed by atoms with Crippen LogP contribution >= 0.6 is 11.6 Å². The fraction of sp³-hybridized carbons (Fsp3) is 0.200. The summed E-state index contributed by atoms with van der Waals surface area (Å²) in [6.45, 7) is 3.95. The molecular weight excluding hydrogens is 336 g/mol. The maximum Gasteiger partial charge on any atom is 0.257 e. The van der Waals surface area contributed by atoms with Crippen LogP contribution in [0.3, 0.4) is 0 Å². The standard InChI is InChI=1S/C20H19ClN2O2/c1-4-15-19(12(2)14-7-5-6-8-16(14)22-15)20(24)23-17-11-13(21)9-10-18(17)25-3/h5-11H,4H2,1-3H3,(H,23,24). The molecule has 0 aliphatic carbocycles. The van der Waals surface area contributed by atoms with Crippen LogP contribution in [0.25, 0.3) is 10.9 Å². The zero-order valence-electron chi connectivity index (χ0n) is 14.4. The van der Waals surface area contributed by atoms with E-state index in [9.17, 15) is 4.79 Å². The number of halogens is 1. The van der Waals surface area contributed by atoms with E-state index in [1.807, 2.05) is 38.1 Å². The Labute approximate surface area is 151 Å². The number of amides is 1. The van der Waals surface area contributed by atoms with Gasteiger partial charge in [0.2, 0.25) is 0 Å². The molecule has 128 valence electrons. The molecule has 1 aromatic heterocycles. The lowest BCUT2D eigenvalue weighted by Crippen LogP contribution is -2.17. The Morgan fingerprint density at radius 2 is 2.00 bits per heavy atom. The molecule has 4 nitrogen and oxygen atoms in total. The Bertz CT molecular complexity index is 954. The number of nitrogens with one attached hydrogen (secondary N) is 1. The van der Waals surface area contributed by atoms with Crippen LogP contribution in [0.5, 0.6) is 5.75 Å². The summed E-state index contributed by atoms with van der Waals surface area (Å²) in [5, 5.41) is 4.41. The molecule has 1 amide bonds. The number of fused-ring (bicyclic) bond motifs is 1. The van der Waals surface area contributed by atoms with Gasteiger partial charge in [-0.1, -0.05) is 36.7 Å². The van der Waals surface area contributed by atoms with Crippen molar-refractivity contribution in [2.45, 2.75) is 20.3 Å². The molecule has 3 aromatic rings. The monoisotopic (exact) mass is 354 g/mol. The van der Waals surface area contributed by atoms with Gasteiger partial charge in [-0.05, 0) is 43.2 Å². The van der Waals surface area contributed by atoms with Crippen LogP contribution in [-0.2, 0) is 6.42 Å². The molecule has 1 N–H and O–H groups in total. The van der Waals surface area contributed by atoms with Crippen LogP contribution in [0.1, 0.15) is 28.5 Å². The normalized spacial score (nSPS) is 10.7. The first-order valence-corrected chi connectivity index (χ1v) is 8.46.